The molecule has 0 aliphatic rings. The molecule has 0 aliphatic carbocycles. The Morgan fingerprint density at radius 1 is 1.08 bits per heavy atom. The highest BCUT2D eigenvalue weighted by Crippen LogP contribution is 2.28. The Kier molecular flexibility index (Phi) is 5.39. The average Bonchev–Trinajstić information content (AvgIpc) is 2.95. The maximum atomic E-state index is 13.2. The van der Waals surface area contributed by atoms with Gasteiger partial charge in [-0.15, -0.1) is 11.8 Å². The number of allylic oxidation sites excluding steroid dienone is 1. The van der Waals surface area contributed by atoms with Gasteiger partial charge < -0.3 is 4.57 Å². The van der Waals surface area contributed by atoms with Crippen LogP contribution in [0.5, 0.6) is 0 Å². The summed E-state index contributed by atoms with van der Waals surface area (Å²) in [6, 6.07) is 14.9. The third kappa shape index (κ3) is 3.64. The molecule has 134 valence electrons. The zero-order chi connectivity index (χ0) is 18.7. The van der Waals surface area contributed by atoms with Gasteiger partial charge in [-0.2, -0.15) is 0 Å². The lowest BCUT2D eigenvalue weighted by molar-refractivity contribution is 0.603. The standard InChI is InChI=1S/C21H21NO2S2/c1-16-8-10-18(11-9-16)26(23,24)19(12-13-25-3)14-17-15-22(2)21-7-5-4-6-20(17)21/h4-15H,1-3H3/b13-12+,19-14+. The van der Waals surface area contributed by atoms with Crippen LogP contribution < -0.4 is 0 Å². The van der Waals surface area contributed by atoms with E-state index in [1.165, 1.54) is 11.8 Å². The van der Waals surface area contributed by atoms with E-state index in [-0.39, 0.29) is 4.91 Å². The molecule has 0 saturated heterocycles. The first-order valence-corrected chi connectivity index (χ1v) is 11.0. The Labute approximate surface area is 159 Å². The number of rotatable bonds is 5. The Morgan fingerprint density at radius 3 is 2.46 bits per heavy atom. The zero-order valence-electron chi connectivity index (χ0n) is 15.0. The minimum absolute atomic E-state index is 0.284. The van der Waals surface area contributed by atoms with Gasteiger partial charge in [0.15, 0.2) is 0 Å². The molecule has 1 heterocycles. The fourth-order valence-corrected chi connectivity index (χ4v) is 4.51. The van der Waals surface area contributed by atoms with Crippen LogP contribution in [0.2, 0.25) is 0 Å². The molecule has 0 fully saturated rings. The van der Waals surface area contributed by atoms with Crippen LogP contribution in [0.4, 0.5) is 0 Å². The smallest absolute Gasteiger partial charge is 0.206 e. The van der Waals surface area contributed by atoms with Gasteiger partial charge >= 0.3 is 0 Å². The summed E-state index contributed by atoms with van der Waals surface area (Å²) in [5.41, 5.74) is 2.99. The summed E-state index contributed by atoms with van der Waals surface area (Å²) < 4.78 is 28.3. The van der Waals surface area contributed by atoms with Crippen molar-refractivity contribution < 1.29 is 8.42 Å². The molecule has 3 nitrogen and oxygen atoms in total. The van der Waals surface area contributed by atoms with E-state index >= 15 is 0 Å². The quantitative estimate of drug-likeness (QED) is 0.570. The first-order chi connectivity index (χ1) is 12.4. The van der Waals surface area contributed by atoms with Crippen LogP contribution in [0.15, 0.2) is 76.0 Å². The molecule has 0 amide bonds. The van der Waals surface area contributed by atoms with Crippen LogP contribution in [0.25, 0.3) is 17.0 Å². The normalized spacial score (nSPS) is 13.0. The van der Waals surface area contributed by atoms with Crippen LogP contribution in [0.1, 0.15) is 11.1 Å². The molecule has 0 atom stereocenters. The fourth-order valence-electron chi connectivity index (χ4n) is 2.85. The second kappa shape index (κ2) is 7.56. The molecule has 0 aliphatic heterocycles. The number of nitrogens with zero attached hydrogens (tertiary/aromatic N) is 1. The van der Waals surface area contributed by atoms with E-state index in [1.807, 2.05) is 67.4 Å². The molecule has 3 aromatic rings. The molecular weight excluding hydrogens is 362 g/mol. The third-order valence-electron chi connectivity index (χ3n) is 4.24. The molecule has 0 N–H and O–H groups in total. The predicted molar refractivity (Wildman–Crippen MR) is 112 cm³/mol. The Morgan fingerprint density at radius 2 is 1.77 bits per heavy atom. The Balaban J connectivity index is 2.18. The van der Waals surface area contributed by atoms with Crippen LogP contribution in [-0.4, -0.2) is 19.2 Å². The molecule has 26 heavy (non-hydrogen) atoms. The van der Waals surface area contributed by atoms with Crippen LogP contribution in [0, 0.1) is 6.92 Å². The lowest BCUT2D eigenvalue weighted by Crippen LogP contribution is -2.03. The molecule has 0 saturated carbocycles. The SMILES string of the molecule is CS/C=C/C(=C\c1cn(C)c2ccccc12)S(=O)(=O)c1ccc(C)cc1. The number of fused-ring (bicyclic) bond motifs is 1. The number of hydrogen-bond acceptors (Lipinski definition) is 3. The largest absolute Gasteiger partial charge is 0.350 e. The van der Waals surface area contributed by atoms with E-state index < -0.39 is 9.84 Å². The molecule has 3 rings (SSSR count). The molecule has 0 unspecified atom stereocenters. The van der Waals surface area contributed by atoms with Crippen molar-refractivity contribution in [2.24, 2.45) is 7.05 Å². The van der Waals surface area contributed by atoms with Crippen molar-refractivity contribution in [2.45, 2.75) is 11.8 Å². The summed E-state index contributed by atoms with van der Waals surface area (Å²) in [7, 11) is -1.63. The number of para-hydroxylation sites is 1. The van der Waals surface area contributed by atoms with E-state index in [4.69, 9.17) is 0 Å². The van der Waals surface area contributed by atoms with Crippen molar-refractivity contribution in [3.05, 3.63) is 82.2 Å². The van der Waals surface area contributed by atoms with Gasteiger partial charge in [-0.25, -0.2) is 8.42 Å². The summed E-state index contributed by atoms with van der Waals surface area (Å²) in [5, 5.41) is 2.83. The van der Waals surface area contributed by atoms with Crippen molar-refractivity contribution >= 4 is 38.6 Å². The molecule has 0 bridgehead atoms. The first kappa shape index (κ1) is 18.5. The van der Waals surface area contributed by atoms with Crippen molar-refractivity contribution in [3.63, 3.8) is 0 Å². The second-order valence-corrected chi connectivity index (χ2v) is 8.81. The van der Waals surface area contributed by atoms with E-state index in [9.17, 15) is 8.42 Å². The number of thioether (sulfide) groups is 1. The van der Waals surface area contributed by atoms with Crippen molar-refractivity contribution in [3.8, 4) is 0 Å². The van der Waals surface area contributed by atoms with Gasteiger partial charge in [0.1, 0.15) is 0 Å². The maximum absolute atomic E-state index is 13.2. The number of sulfone groups is 1. The van der Waals surface area contributed by atoms with Crippen molar-refractivity contribution in [1.29, 1.82) is 0 Å². The van der Waals surface area contributed by atoms with Gasteiger partial charge in [0.05, 0.1) is 9.80 Å². The molecule has 1 aromatic heterocycles. The monoisotopic (exact) mass is 383 g/mol. The highest BCUT2D eigenvalue weighted by molar-refractivity contribution is 8.01. The highest BCUT2D eigenvalue weighted by atomic mass is 32.2. The first-order valence-electron chi connectivity index (χ1n) is 8.20. The Bertz CT molecular complexity index is 1090. The molecular formula is C21H21NO2S2. The van der Waals surface area contributed by atoms with E-state index in [0.717, 1.165) is 22.0 Å². The van der Waals surface area contributed by atoms with Gasteiger partial charge in [-0.3, -0.25) is 0 Å². The highest BCUT2D eigenvalue weighted by Gasteiger charge is 2.19. The van der Waals surface area contributed by atoms with Gasteiger partial charge in [0.2, 0.25) is 9.84 Å². The molecule has 5 heteroatoms. The topological polar surface area (TPSA) is 39.1 Å². The van der Waals surface area contributed by atoms with E-state index in [2.05, 4.69) is 0 Å². The molecule has 0 radical (unpaired) electrons. The lowest BCUT2D eigenvalue weighted by atomic mass is 10.1. The predicted octanol–water partition coefficient (Wildman–Crippen LogP) is 5.18. The van der Waals surface area contributed by atoms with Crippen molar-refractivity contribution in [2.75, 3.05) is 6.26 Å². The van der Waals surface area contributed by atoms with Crippen LogP contribution in [-0.2, 0) is 16.9 Å². The summed E-state index contributed by atoms with van der Waals surface area (Å²) in [6.07, 6.45) is 7.29. The Hall–Kier alpha value is -2.24. The summed E-state index contributed by atoms with van der Waals surface area (Å²) >= 11 is 1.47. The van der Waals surface area contributed by atoms with Crippen molar-refractivity contribution in [1.82, 2.24) is 4.57 Å². The summed E-state index contributed by atoms with van der Waals surface area (Å²) in [4.78, 5) is 0.590. The van der Waals surface area contributed by atoms with Gasteiger partial charge in [-0.05, 0) is 48.9 Å². The number of aromatic nitrogens is 1. The van der Waals surface area contributed by atoms with Gasteiger partial charge in [0.25, 0.3) is 0 Å². The van der Waals surface area contributed by atoms with Gasteiger partial charge in [0, 0.05) is 29.7 Å². The molecule has 2 aromatic carbocycles. The molecule has 0 spiro atoms. The summed E-state index contributed by atoms with van der Waals surface area (Å²) in [5.74, 6) is 0. The van der Waals surface area contributed by atoms with Crippen LogP contribution in [0.3, 0.4) is 0 Å². The zero-order valence-corrected chi connectivity index (χ0v) is 16.6. The average molecular weight is 384 g/mol. The van der Waals surface area contributed by atoms with E-state index in [0.29, 0.717) is 4.90 Å². The summed E-state index contributed by atoms with van der Waals surface area (Å²) in [6.45, 7) is 1.94. The van der Waals surface area contributed by atoms with Gasteiger partial charge in [-0.1, -0.05) is 35.9 Å². The minimum Gasteiger partial charge on any atom is -0.350 e. The maximum Gasteiger partial charge on any atom is 0.206 e. The number of hydrogen-bond donors (Lipinski definition) is 0. The lowest BCUT2D eigenvalue weighted by Gasteiger charge is -2.06. The minimum atomic E-state index is -3.60. The number of aryl methyl sites for hydroxylation is 2. The van der Waals surface area contributed by atoms with E-state index in [1.54, 1.807) is 29.7 Å². The van der Waals surface area contributed by atoms with Crippen LogP contribution >= 0.6 is 11.8 Å². The third-order valence-corrected chi connectivity index (χ3v) is 6.41. The fraction of sp³-hybridized carbons (Fsp3) is 0.143. The second-order valence-electron chi connectivity index (χ2n) is 6.11. The number of benzene rings is 2.